The maximum Gasteiger partial charge on any atom is 0.165 e. The van der Waals surface area contributed by atoms with E-state index in [2.05, 4.69) is 42.0 Å². The molecule has 0 aliphatic heterocycles. The molecule has 1 atom stereocenters. The minimum atomic E-state index is -0.317. The lowest BCUT2D eigenvalue weighted by Crippen LogP contribution is -2.36. The molecule has 0 amide bonds. The van der Waals surface area contributed by atoms with Crippen molar-refractivity contribution in [1.29, 1.82) is 0 Å². The molecular formula is C15H23BrFNO. The van der Waals surface area contributed by atoms with Crippen LogP contribution >= 0.6 is 15.9 Å². The van der Waals surface area contributed by atoms with E-state index in [1.54, 1.807) is 12.1 Å². The molecule has 0 heterocycles. The molecule has 0 bridgehead atoms. The van der Waals surface area contributed by atoms with E-state index in [1.807, 2.05) is 6.92 Å². The SMILES string of the molecule is CC(CCCNC(C)(C)C)Oc1cc(Br)ccc1F. The highest BCUT2D eigenvalue weighted by Gasteiger charge is 2.11. The monoisotopic (exact) mass is 331 g/mol. The zero-order chi connectivity index (χ0) is 14.5. The number of benzene rings is 1. The highest BCUT2D eigenvalue weighted by molar-refractivity contribution is 9.10. The van der Waals surface area contributed by atoms with Gasteiger partial charge >= 0.3 is 0 Å². The summed E-state index contributed by atoms with van der Waals surface area (Å²) in [6.45, 7) is 9.34. The van der Waals surface area contributed by atoms with Gasteiger partial charge in [-0.25, -0.2) is 4.39 Å². The largest absolute Gasteiger partial charge is 0.488 e. The van der Waals surface area contributed by atoms with Crippen LogP contribution in [0.25, 0.3) is 0 Å². The summed E-state index contributed by atoms with van der Waals surface area (Å²) in [5.74, 6) is -0.00600. The summed E-state index contributed by atoms with van der Waals surface area (Å²) in [5, 5.41) is 3.42. The average molecular weight is 332 g/mol. The summed E-state index contributed by atoms with van der Waals surface area (Å²) < 4.78 is 20.0. The molecule has 1 aromatic rings. The molecule has 1 rings (SSSR count). The summed E-state index contributed by atoms with van der Waals surface area (Å²) in [6, 6.07) is 4.74. The third-order valence-corrected chi connectivity index (χ3v) is 3.16. The zero-order valence-corrected chi connectivity index (χ0v) is 13.7. The topological polar surface area (TPSA) is 21.3 Å². The summed E-state index contributed by atoms with van der Waals surface area (Å²) >= 11 is 3.32. The van der Waals surface area contributed by atoms with Crippen LogP contribution < -0.4 is 10.1 Å². The zero-order valence-electron chi connectivity index (χ0n) is 12.1. The van der Waals surface area contributed by atoms with Gasteiger partial charge in [0, 0.05) is 10.0 Å². The van der Waals surface area contributed by atoms with Gasteiger partial charge in [0.15, 0.2) is 11.6 Å². The Bertz CT molecular complexity index is 404. The van der Waals surface area contributed by atoms with E-state index in [0.717, 1.165) is 23.9 Å². The first-order valence-corrected chi connectivity index (χ1v) is 7.44. The van der Waals surface area contributed by atoms with Crippen LogP contribution in [0.5, 0.6) is 5.75 Å². The van der Waals surface area contributed by atoms with Crippen LogP contribution in [0, 0.1) is 5.82 Å². The van der Waals surface area contributed by atoms with Crippen LogP contribution in [-0.2, 0) is 0 Å². The first-order valence-electron chi connectivity index (χ1n) is 6.64. The Kier molecular flexibility index (Phi) is 6.27. The molecule has 0 spiro atoms. The summed E-state index contributed by atoms with van der Waals surface area (Å²) in [4.78, 5) is 0. The van der Waals surface area contributed by atoms with E-state index in [9.17, 15) is 4.39 Å². The van der Waals surface area contributed by atoms with Gasteiger partial charge in [0.25, 0.3) is 0 Å². The molecule has 1 unspecified atom stereocenters. The van der Waals surface area contributed by atoms with E-state index in [4.69, 9.17) is 4.74 Å². The van der Waals surface area contributed by atoms with Crippen LogP contribution in [0.1, 0.15) is 40.5 Å². The first kappa shape index (κ1) is 16.4. The van der Waals surface area contributed by atoms with Crippen molar-refractivity contribution in [3.63, 3.8) is 0 Å². The molecule has 0 aliphatic rings. The Morgan fingerprint density at radius 2 is 2.05 bits per heavy atom. The number of halogens is 2. The normalized spacial score (nSPS) is 13.4. The Hall–Kier alpha value is -0.610. The quantitative estimate of drug-likeness (QED) is 0.773. The van der Waals surface area contributed by atoms with E-state index >= 15 is 0 Å². The minimum Gasteiger partial charge on any atom is -0.488 e. The van der Waals surface area contributed by atoms with Crippen LogP contribution in [0.2, 0.25) is 0 Å². The van der Waals surface area contributed by atoms with Crippen molar-refractivity contribution in [2.45, 2.75) is 52.2 Å². The second kappa shape index (κ2) is 7.25. The third kappa shape index (κ3) is 6.92. The number of ether oxygens (including phenoxy) is 1. The molecule has 1 N–H and O–H groups in total. The molecule has 4 heteroatoms. The highest BCUT2D eigenvalue weighted by Crippen LogP contribution is 2.23. The van der Waals surface area contributed by atoms with Crippen LogP contribution in [0.4, 0.5) is 4.39 Å². The number of nitrogens with one attached hydrogen (secondary N) is 1. The van der Waals surface area contributed by atoms with Gasteiger partial charge in [-0.15, -0.1) is 0 Å². The second-order valence-electron chi connectivity index (χ2n) is 5.82. The lowest BCUT2D eigenvalue weighted by molar-refractivity contribution is 0.197. The fourth-order valence-electron chi connectivity index (χ4n) is 1.70. The maximum absolute atomic E-state index is 13.5. The molecule has 1 aromatic carbocycles. The van der Waals surface area contributed by atoms with Gasteiger partial charge in [-0.1, -0.05) is 15.9 Å². The predicted molar refractivity (Wildman–Crippen MR) is 81.2 cm³/mol. The lowest BCUT2D eigenvalue weighted by atomic mass is 10.1. The van der Waals surface area contributed by atoms with Crippen molar-refractivity contribution in [3.8, 4) is 5.75 Å². The van der Waals surface area contributed by atoms with Gasteiger partial charge < -0.3 is 10.1 Å². The molecule has 0 aliphatic carbocycles. The molecule has 0 fully saturated rings. The van der Waals surface area contributed by atoms with Crippen molar-refractivity contribution in [2.24, 2.45) is 0 Å². The van der Waals surface area contributed by atoms with Gasteiger partial charge in [0.1, 0.15) is 0 Å². The molecule has 108 valence electrons. The van der Waals surface area contributed by atoms with Crippen molar-refractivity contribution < 1.29 is 9.13 Å². The smallest absolute Gasteiger partial charge is 0.165 e. The van der Waals surface area contributed by atoms with Gasteiger partial charge in [0.05, 0.1) is 6.10 Å². The summed E-state index contributed by atoms with van der Waals surface area (Å²) in [5.41, 5.74) is 0.139. The molecule has 19 heavy (non-hydrogen) atoms. The first-order chi connectivity index (χ1) is 8.78. The fourth-order valence-corrected chi connectivity index (χ4v) is 2.04. The van der Waals surface area contributed by atoms with Crippen molar-refractivity contribution in [3.05, 3.63) is 28.5 Å². The molecule has 0 saturated carbocycles. The molecular weight excluding hydrogens is 309 g/mol. The molecule has 0 aromatic heterocycles. The number of hydrogen-bond donors (Lipinski definition) is 1. The number of hydrogen-bond acceptors (Lipinski definition) is 2. The summed E-state index contributed by atoms with van der Waals surface area (Å²) in [6.07, 6.45) is 1.91. The third-order valence-electron chi connectivity index (χ3n) is 2.66. The number of rotatable bonds is 6. The van der Waals surface area contributed by atoms with E-state index < -0.39 is 0 Å². The average Bonchev–Trinajstić information content (AvgIpc) is 2.28. The summed E-state index contributed by atoms with van der Waals surface area (Å²) in [7, 11) is 0. The predicted octanol–water partition coefficient (Wildman–Crippen LogP) is 4.52. The van der Waals surface area contributed by atoms with Gasteiger partial charge in [0.2, 0.25) is 0 Å². The van der Waals surface area contributed by atoms with Crippen molar-refractivity contribution >= 4 is 15.9 Å². The standard InChI is InChI=1S/C15H23BrFNO/c1-11(6-5-9-18-15(2,3)4)19-14-10-12(16)7-8-13(14)17/h7-8,10-11,18H,5-6,9H2,1-4H3. The van der Waals surface area contributed by atoms with Gasteiger partial charge in [-0.05, 0) is 65.3 Å². The molecule has 0 radical (unpaired) electrons. The van der Waals surface area contributed by atoms with Crippen molar-refractivity contribution in [2.75, 3.05) is 6.54 Å². The van der Waals surface area contributed by atoms with Gasteiger partial charge in [-0.3, -0.25) is 0 Å². The second-order valence-corrected chi connectivity index (χ2v) is 6.74. The van der Waals surface area contributed by atoms with E-state index in [0.29, 0.717) is 5.75 Å². The fraction of sp³-hybridized carbons (Fsp3) is 0.600. The lowest BCUT2D eigenvalue weighted by Gasteiger charge is -2.21. The molecule has 2 nitrogen and oxygen atoms in total. The van der Waals surface area contributed by atoms with Crippen molar-refractivity contribution in [1.82, 2.24) is 5.32 Å². The Morgan fingerprint density at radius 3 is 2.68 bits per heavy atom. The molecule has 0 saturated heterocycles. The maximum atomic E-state index is 13.5. The van der Waals surface area contributed by atoms with Crippen LogP contribution in [0.15, 0.2) is 22.7 Å². The van der Waals surface area contributed by atoms with Crippen LogP contribution in [-0.4, -0.2) is 18.2 Å². The van der Waals surface area contributed by atoms with Gasteiger partial charge in [-0.2, -0.15) is 0 Å². The highest BCUT2D eigenvalue weighted by atomic mass is 79.9. The Labute approximate surface area is 123 Å². The Balaban J connectivity index is 2.35. The van der Waals surface area contributed by atoms with E-state index in [1.165, 1.54) is 6.07 Å². The Morgan fingerprint density at radius 1 is 1.37 bits per heavy atom. The van der Waals surface area contributed by atoms with E-state index in [-0.39, 0.29) is 17.5 Å². The minimum absolute atomic E-state index is 0.00516. The van der Waals surface area contributed by atoms with Crippen LogP contribution in [0.3, 0.4) is 0 Å².